The molecule has 1 aromatic heterocycles. The van der Waals surface area contributed by atoms with Crippen LogP contribution in [0.2, 0.25) is 0 Å². The van der Waals surface area contributed by atoms with E-state index in [0.29, 0.717) is 12.2 Å². The van der Waals surface area contributed by atoms with E-state index in [-0.39, 0.29) is 6.61 Å². The van der Waals surface area contributed by atoms with E-state index >= 15 is 0 Å². The van der Waals surface area contributed by atoms with Crippen LogP contribution in [-0.4, -0.2) is 36.2 Å². The van der Waals surface area contributed by atoms with Crippen molar-refractivity contribution >= 4 is 21.7 Å². The number of halogens is 3. The van der Waals surface area contributed by atoms with Crippen molar-refractivity contribution < 1.29 is 13.5 Å². The second-order valence-corrected chi connectivity index (χ2v) is 5.43. The van der Waals surface area contributed by atoms with Gasteiger partial charge in [0, 0.05) is 13.0 Å². The first-order valence-corrected chi connectivity index (χ1v) is 8.02. The number of aromatic nitrogens is 2. The molecule has 1 heterocycles. The maximum absolute atomic E-state index is 12.0. The van der Waals surface area contributed by atoms with E-state index in [0.717, 1.165) is 41.8 Å². The topological polar surface area (TPSA) is 47.0 Å². The second kappa shape index (κ2) is 10.00. The first-order valence-electron chi connectivity index (χ1n) is 7.23. The lowest BCUT2D eigenvalue weighted by molar-refractivity contribution is 0.0183. The number of aryl methyl sites for hydroxylation is 1. The molecule has 1 N–H and O–H groups in total. The van der Waals surface area contributed by atoms with E-state index in [2.05, 4.69) is 45.1 Å². The molecule has 0 unspecified atom stereocenters. The Morgan fingerprint density at radius 3 is 2.57 bits per heavy atom. The van der Waals surface area contributed by atoms with Crippen LogP contribution in [0.4, 0.5) is 14.6 Å². The van der Waals surface area contributed by atoms with Crippen molar-refractivity contribution in [3.05, 3.63) is 16.0 Å². The Hall–Kier alpha value is -0.820. The molecule has 7 heteroatoms. The molecule has 1 aromatic rings. The predicted octanol–water partition coefficient (Wildman–Crippen LogP) is 3.84. The summed E-state index contributed by atoms with van der Waals surface area (Å²) in [6.45, 7) is 4.64. The molecule has 0 aromatic carbocycles. The average molecular weight is 366 g/mol. The molecule has 0 aliphatic carbocycles. The lowest BCUT2D eigenvalue weighted by Crippen LogP contribution is -2.12. The molecule has 0 aliphatic rings. The highest BCUT2D eigenvalue weighted by Crippen LogP contribution is 2.25. The van der Waals surface area contributed by atoms with Crippen molar-refractivity contribution in [2.75, 3.05) is 25.1 Å². The van der Waals surface area contributed by atoms with E-state index in [4.69, 9.17) is 4.74 Å². The molecule has 120 valence electrons. The first-order chi connectivity index (χ1) is 10.1. The number of nitrogens with one attached hydrogen (secondary N) is 1. The molecule has 0 amide bonds. The molecule has 0 bridgehead atoms. The molecule has 0 atom stereocenters. The number of alkyl halides is 2. The predicted molar refractivity (Wildman–Crippen MR) is 83.0 cm³/mol. The van der Waals surface area contributed by atoms with E-state index in [1.165, 1.54) is 0 Å². The lowest BCUT2D eigenvalue weighted by Gasteiger charge is -2.12. The van der Waals surface area contributed by atoms with Crippen molar-refractivity contribution in [2.24, 2.45) is 0 Å². The van der Waals surface area contributed by atoms with Crippen LogP contribution in [0, 0.1) is 0 Å². The van der Waals surface area contributed by atoms with Gasteiger partial charge in [-0.25, -0.2) is 18.7 Å². The summed E-state index contributed by atoms with van der Waals surface area (Å²) in [7, 11) is 0. The van der Waals surface area contributed by atoms with Gasteiger partial charge >= 0.3 is 0 Å². The summed E-state index contributed by atoms with van der Waals surface area (Å²) in [5, 5.41) is 3.25. The molecule has 0 radical (unpaired) electrons. The van der Waals surface area contributed by atoms with Crippen LogP contribution in [-0.2, 0) is 17.6 Å². The zero-order chi connectivity index (χ0) is 15.7. The Bertz CT molecular complexity index is 433. The lowest BCUT2D eigenvalue weighted by atomic mass is 10.2. The normalized spacial score (nSPS) is 11.1. The van der Waals surface area contributed by atoms with Crippen LogP contribution in [0.3, 0.4) is 0 Å². The number of anilines is 1. The smallest absolute Gasteiger partial charge is 0.261 e. The van der Waals surface area contributed by atoms with Gasteiger partial charge in [-0.1, -0.05) is 20.3 Å². The Labute approximate surface area is 132 Å². The zero-order valence-corrected chi connectivity index (χ0v) is 14.0. The molecule has 0 aliphatic heterocycles. The fourth-order valence-electron chi connectivity index (χ4n) is 1.76. The summed E-state index contributed by atoms with van der Waals surface area (Å²) in [6.07, 6.45) is 0.802. The van der Waals surface area contributed by atoms with Crippen LogP contribution >= 0.6 is 15.9 Å². The SMILES string of the molecule is CCCNc1nc(CCOCC(F)F)nc(CCC)c1Br. The van der Waals surface area contributed by atoms with E-state index in [1.54, 1.807) is 0 Å². The van der Waals surface area contributed by atoms with Crippen molar-refractivity contribution in [3.63, 3.8) is 0 Å². The Kier molecular flexibility index (Phi) is 8.68. The summed E-state index contributed by atoms with van der Waals surface area (Å²) in [4.78, 5) is 8.91. The quantitative estimate of drug-likeness (QED) is 0.640. The molecule has 21 heavy (non-hydrogen) atoms. The van der Waals surface area contributed by atoms with Gasteiger partial charge in [-0.2, -0.15) is 0 Å². The summed E-state index contributed by atoms with van der Waals surface area (Å²) >= 11 is 3.53. The van der Waals surface area contributed by atoms with Gasteiger partial charge in [0.1, 0.15) is 18.2 Å². The van der Waals surface area contributed by atoms with Gasteiger partial charge < -0.3 is 10.1 Å². The Balaban J connectivity index is 2.74. The number of hydrogen-bond acceptors (Lipinski definition) is 4. The highest BCUT2D eigenvalue weighted by Gasteiger charge is 2.12. The van der Waals surface area contributed by atoms with E-state index < -0.39 is 13.0 Å². The number of ether oxygens (including phenoxy) is 1. The van der Waals surface area contributed by atoms with Crippen molar-refractivity contribution in [1.29, 1.82) is 0 Å². The van der Waals surface area contributed by atoms with Crippen LogP contribution in [0.1, 0.15) is 38.2 Å². The number of hydrogen-bond donors (Lipinski definition) is 1. The molecule has 1 rings (SSSR count). The largest absolute Gasteiger partial charge is 0.375 e. The molecular weight excluding hydrogens is 344 g/mol. The van der Waals surface area contributed by atoms with Gasteiger partial charge in [0.25, 0.3) is 6.43 Å². The van der Waals surface area contributed by atoms with Gasteiger partial charge in [-0.05, 0) is 28.8 Å². The molecule has 4 nitrogen and oxygen atoms in total. The minimum Gasteiger partial charge on any atom is -0.375 e. The second-order valence-electron chi connectivity index (χ2n) is 4.64. The maximum atomic E-state index is 12.0. The van der Waals surface area contributed by atoms with Gasteiger partial charge in [0.15, 0.2) is 0 Å². The highest BCUT2D eigenvalue weighted by atomic mass is 79.9. The molecule has 0 fully saturated rings. The van der Waals surface area contributed by atoms with Crippen LogP contribution in [0.25, 0.3) is 0 Å². The van der Waals surface area contributed by atoms with E-state index in [9.17, 15) is 8.78 Å². The number of nitrogens with zero attached hydrogens (tertiary/aromatic N) is 2. The minimum absolute atomic E-state index is 0.199. The van der Waals surface area contributed by atoms with Crippen LogP contribution in [0.5, 0.6) is 0 Å². The Morgan fingerprint density at radius 1 is 1.19 bits per heavy atom. The third-order valence-electron chi connectivity index (χ3n) is 2.71. The summed E-state index contributed by atoms with van der Waals surface area (Å²) in [6, 6.07) is 0. The summed E-state index contributed by atoms with van der Waals surface area (Å²) in [5.74, 6) is 1.38. The van der Waals surface area contributed by atoms with Crippen molar-refractivity contribution in [2.45, 2.75) is 46.0 Å². The molecule has 0 saturated heterocycles. The first kappa shape index (κ1) is 18.2. The van der Waals surface area contributed by atoms with Crippen molar-refractivity contribution in [3.8, 4) is 0 Å². The molecule has 0 spiro atoms. The molecular formula is C14H22BrF2N3O. The van der Waals surface area contributed by atoms with Gasteiger partial charge in [0.05, 0.1) is 16.8 Å². The fourth-order valence-corrected chi connectivity index (χ4v) is 2.27. The molecule has 0 saturated carbocycles. The van der Waals surface area contributed by atoms with Crippen molar-refractivity contribution in [1.82, 2.24) is 9.97 Å². The third kappa shape index (κ3) is 6.65. The monoisotopic (exact) mass is 365 g/mol. The summed E-state index contributed by atoms with van der Waals surface area (Å²) < 4.78 is 29.8. The van der Waals surface area contributed by atoms with E-state index in [1.807, 2.05) is 0 Å². The Morgan fingerprint density at radius 2 is 1.95 bits per heavy atom. The van der Waals surface area contributed by atoms with Crippen LogP contribution < -0.4 is 5.32 Å². The fraction of sp³-hybridized carbons (Fsp3) is 0.714. The third-order valence-corrected chi connectivity index (χ3v) is 3.54. The van der Waals surface area contributed by atoms with Crippen LogP contribution in [0.15, 0.2) is 4.47 Å². The van der Waals surface area contributed by atoms with Gasteiger partial charge in [-0.15, -0.1) is 0 Å². The summed E-state index contributed by atoms with van der Waals surface area (Å²) in [5.41, 5.74) is 0.940. The highest BCUT2D eigenvalue weighted by molar-refractivity contribution is 9.10. The standard InChI is InChI=1S/C14H22BrF2N3O/c1-3-5-10-13(15)14(18-7-4-2)20-12(19-10)6-8-21-9-11(16)17/h11H,3-9H2,1-2H3,(H,18,19,20). The maximum Gasteiger partial charge on any atom is 0.261 e. The van der Waals surface area contributed by atoms with Gasteiger partial charge in [-0.3, -0.25) is 0 Å². The zero-order valence-electron chi connectivity index (χ0n) is 12.5. The minimum atomic E-state index is -2.44. The van der Waals surface area contributed by atoms with Gasteiger partial charge in [0.2, 0.25) is 0 Å². The average Bonchev–Trinajstić information content (AvgIpc) is 2.45. The number of rotatable bonds is 10.